The van der Waals surface area contributed by atoms with Gasteiger partial charge >= 0.3 is 0 Å². The fourth-order valence-corrected chi connectivity index (χ4v) is 4.50. The molecule has 3 heteroatoms. The SMILES string of the molecule is CCc1ccc(CC2(O)CC3CCC(C2)N3)s1. The molecule has 2 atom stereocenters. The van der Waals surface area contributed by atoms with Crippen molar-refractivity contribution >= 4 is 11.3 Å². The zero-order chi connectivity index (χ0) is 11.9. The van der Waals surface area contributed by atoms with E-state index in [1.54, 1.807) is 0 Å². The Kier molecular flexibility index (Phi) is 3.01. The number of hydrogen-bond acceptors (Lipinski definition) is 3. The Balaban J connectivity index is 1.71. The van der Waals surface area contributed by atoms with Gasteiger partial charge in [-0.2, -0.15) is 0 Å². The monoisotopic (exact) mass is 251 g/mol. The van der Waals surface area contributed by atoms with Crippen molar-refractivity contribution in [1.82, 2.24) is 5.32 Å². The van der Waals surface area contributed by atoms with E-state index in [2.05, 4.69) is 24.4 Å². The molecule has 3 heterocycles. The second kappa shape index (κ2) is 4.38. The van der Waals surface area contributed by atoms with E-state index in [0.717, 1.165) is 25.7 Å². The highest BCUT2D eigenvalue weighted by molar-refractivity contribution is 7.12. The molecule has 2 aliphatic heterocycles. The van der Waals surface area contributed by atoms with Gasteiger partial charge < -0.3 is 10.4 Å². The molecule has 2 nitrogen and oxygen atoms in total. The predicted molar refractivity (Wildman–Crippen MR) is 71.5 cm³/mol. The lowest BCUT2D eigenvalue weighted by molar-refractivity contribution is -0.00542. The first-order chi connectivity index (χ1) is 8.17. The van der Waals surface area contributed by atoms with Crippen LogP contribution in [0.5, 0.6) is 0 Å². The van der Waals surface area contributed by atoms with Gasteiger partial charge in [-0.15, -0.1) is 11.3 Å². The minimum atomic E-state index is -0.451. The number of nitrogens with one attached hydrogen (secondary N) is 1. The summed E-state index contributed by atoms with van der Waals surface area (Å²) >= 11 is 1.87. The molecule has 0 aliphatic carbocycles. The zero-order valence-corrected chi connectivity index (χ0v) is 11.2. The van der Waals surface area contributed by atoms with E-state index in [1.807, 2.05) is 11.3 Å². The van der Waals surface area contributed by atoms with Crippen molar-refractivity contribution in [3.63, 3.8) is 0 Å². The van der Waals surface area contributed by atoms with Crippen molar-refractivity contribution < 1.29 is 5.11 Å². The van der Waals surface area contributed by atoms with E-state index >= 15 is 0 Å². The number of piperidine rings is 1. The Morgan fingerprint density at radius 3 is 2.53 bits per heavy atom. The van der Waals surface area contributed by atoms with Gasteiger partial charge in [-0.3, -0.25) is 0 Å². The molecule has 0 aromatic carbocycles. The lowest BCUT2D eigenvalue weighted by Crippen LogP contribution is -2.49. The van der Waals surface area contributed by atoms with E-state index in [1.165, 1.54) is 22.6 Å². The average Bonchev–Trinajstić information content (AvgIpc) is 2.85. The summed E-state index contributed by atoms with van der Waals surface area (Å²) in [5, 5.41) is 14.3. The lowest BCUT2D eigenvalue weighted by Gasteiger charge is -2.37. The number of aryl methyl sites for hydroxylation is 1. The number of hydrogen-bond donors (Lipinski definition) is 2. The molecule has 17 heavy (non-hydrogen) atoms. The van der Waals surface area contributed by atoms with E-state index in [9.17, 15) is 5.11 Å². The Labute approximate surface area is 107 Å². The van der Waals surface area contributed by atoms with Gasteiger partial charge in [0.1, 0.15) is 0 Å². The zero-order valence-electron chi connectivity index (χ0n) is 10.4. The molecule has 0 radical (unpaired) electrons. The number of thiophene rings is 1. The second-order valence-electron chi connectivity index (χ2n) is 5.67. The summed E-state index contributed by atoms with van der Waals surface area (Å²) in [6, 6.07) is 5.53. The summed E-state index contributed by atoms with van der Waals surface area (Å²) in [5.41, 5.74) is -0.451. The largest absolute Gasteiger partial charge is 0.389 e. The van der Waals surface area contributed by atoms with Crippen LogP contribution in [0, 0.1) is 0 Å². The Morgan fingerprint density at radius 1 is 1.29 bits per heavy atom. The van der Waals surface area contributed by atoms with Crippen molar-refractivity contribution in [3.05, 3.63) is 21.9 Å². The highest BCUT2D eigenvalue weighted by Crippen LogP contribution is 2.37. The molecular formula is C14H21NOS. The van der Waals surface area contributed by atoms with Gasteiger partial charge in [-0.05, 0) is 44.2 Å². The van der Waals surface area contributed by atoms with E-state index in [0.29, 0.717) is 12.1 Å². The first kappa shape index (κ1) is 11.7. The van der Waals surface area contributed by atoms with Crippen molar-refractivity contribution in [1.29, 1.82) is 0 Å². The molecule has 2 N–H and O–H groups in total. The lowest BCUT2D eigenvalue weighted by atomic mass is 9.84. The maximum Gasteiger partial charge on any atom is 0.0725 e. The molecule has 1 aromatic heterocycles. The molecule has 2 bridgehead atoms. The van der Waals surface area contributed by atoms with Gasteiger partial charge in [-0.1, -0.05) is 6.92 Å². The van der Waals surface area contributed by atoms with Crippen LogP contribution in [0.3, 0.4) is 0 Å². The Bertz CT molecular complexity index is 389. The number of aliphatic hydroxyl groups is 1. The molecule has 0 saturated carbocycles. The second-order valence-corrected chi connectivity index (χ2v) is 6.92. The number of fused-ring (bicyclic) bond motifs is 2. The Morgan fingerprint density at radius 2 is 1.94 bits per heavy atom. The molecule has 2 saturated heterocycles. The molecule has 2 fully saturated rings. The predicted octanol–water partition coefficient (Wildman–Crippen LogP) is 2.50. The molecule has 94 valence electrons. The highest BCUT2D eigenvalue weighted by atomic mass is 32.1. The van der Waals surface area contributed by atoms with Crippen molar-refractivity contribution in [2.45, 2.75) is 63.1 Å². The maximum absolute atomic E-state index is 10.8. The van der Waals surface area contributed by atoms with E-state index in [-0.39, 0.29) is 0 Å². The first-order valence-corrected chi connectivity index (χ1v) is 7.54. The van der Waals surface area contributed by atoms with E-state index in [4.69, 9.17) is 0 Å². The van der Waals surface area contributed by atoms with Gasteiger partial charge in [-0.25, -0.2) is 0 Å². The van der Waals surface area contributed by atoms with Gasteiger partial charge in [0.05, 0.1) is 5.60 Å². The molecule has 2 unspecified atom stereocenters. The standard InChI is InChI=1S/C14H21NOS/c1-2-12-5-6-13(17-12)9-14(16)7-10-3-4-11(8-14)15-10/h5-6,10-11,15-16H,2-4,7-9H2,1H3. The van der Waals surface area contributed by atoms with Crippen molar-refractivity contribution in [2.24, 2.45) is 0 Å². The fourth-order valence-electron chi connectivity index (χ4n) is 3.40. The quantitative estimate of drug-likeness (QED) is 0.865. The molecule has 0 amide bonds. The van der Waals surface area contributed by atoms with Crippen LogP contribution < -0.4 is 5.32 Å². The summed E-state index contributed by atoms with van der Waals surface area (Å²) in [5.74, 6) is 0. The molecule has 3 rings (SSSR count). The minimum absolute atomic E-state index is 0.451. The first-order valence-electron chi connectivity index (χ1n) is 6.73. The van der Waals surface area contributed by atoms with Crippen LogP contribution in [-0.4, -0.2) is 22.8 Å². The van der Waals surface area contributed by atoms with Crippen LogP contribution >= 0.6 is 11.3 Å². The fraction of sp³-hybridized carbons (Fsp3) is 0.714. The van der Waals surface area contributed by atoms with Crippen LogP contribution in [0.15, 0.2) is 12.1 Å². The normalized spacial score (nSPS) is 36.4. The van der Waals surface area contributed by atoms with Crippen molar-refractivity contribution in [3.8, 4) is 0 Å². The van der Waals surface area contributed by atoms with Crippen LogP contribution in [0.4, 0.5) is 0 Å². The third-order valence-electron chi connectivity index (χ3n) is 4.16. The molecule has 2 aliphatic rings. The third kappa shape index (κ3) is 2.42. The van der Waals surface area contributed by atoms with Gasteiger partial charge in [0.25, 0.3) is 0 Å². The topological polar surface area (TPSA) is 32.3 Å². The average molecular weight is 251 g/mol. The molecule has 0 spiro atoms. The number of rotatable bonds is 3. The van der Waals surface area contributed by atoms with Crippen LogP contribution in [0.25, 0.3) is 0 Å². The summed E-state index contributed by atoms with van der Waals surface area (Å²) in [4.78, 5) is 2.78. The highest BCUT2D eigenvalue weighted by Gasteiger charge is 2.42. The van der Waals surface area contributed by atoms with Gasteiger partial charge in [0, 0.05) is 28.3 Å². The van der Waals surface area contributed by atoms with Crippen molar-refractivity contribution in [2.75, 3.05) is 0 Å². The molecular weight excluding hydrogens is 230 g/mol. The molecule has 1 aromatic rings. The summed E-state index contributed by atoms with van der Waals surface area (Å²) in [7, 11) is 0. The Hall–Kier alpha value is -0.380. The summed E-state index contributed by atoms with van der Waals surface area (Å²) in [6.45, 7) is 2.19. The maximum atomic E-state index is 10.8. The summed E-state index contributed by atoms with van der Waals surface area (Å²) in [6.07, 6.45) is 6.32. The smallest absolute Gasteiger partial charge is 0.0725 e. The summed E-state index contributed by atoms with van der Waals surface area (Å²) < 4.78 is 0. The third-order valence-corrected chi connectivity index (χ3v) is 5.39. The van der Waals surface area contributed by atoms with Gasteiger partial charge in [0.15, 0.2) is 0 Å². The van der Waals surface area contributed by atoms with Crippen LogP contribution in [0.2, 0.25) is 0 Å². The van der Waals surface area contributed by atoms with Gasteiger partial charge in [0.2, 0.25) is 0 Å². The van der Waals surface area contributed by atoms with E-state index < -0.39 is 5.60 Å². The minimum Gasteiger partial charge on any atom is -0.389 e. The van der Waals surface area contributed by atoms with Crippen LogP contribution in [-0.2, 0) is 12.8 Å². The van der Waals surface area contributed by atoms with Crippen LogP contribution in [0.1, 0.15) is 42.4 Å².